The van der Waals surface area contributed by atoms with E-state index < -0.39 is 0 Å². The zero-order valence-electron chi connectivity index (χ0n) is 7.63. The first-order chi connectivity index (χ1) is 5.16. The summed E-state index contributed by atoms with van der Waals surface area (Å²) >= 11 is 0. The van der Waals surface area contributed by atoms with Crippen LogP contribution in [0.2, 0.25) is 0 Å². The van der Waals surface area contributed by atoms with E-state index in [0.717, 1.165) is 13.2 Å². The zero-order valence-corrected chi connectivity index (χ0v) is 7.63. The molecule has 11 heavy (non-hydrogen) atoms. The zero-order chi connectivity index (χ0) is 8.69. The van der Waals surface area contributed by atoms with Gasteiger partial charge in [-0.05, 0) is 19.4 Å². The van der Waals surface area contributed by atoms with Crippen LogP contribution in [0.25, 0.3) is 0 Å². The smallest absolute Gasteiger partial charge is 0.0636 e. The number of hydrogen-bond donors (Lipinski definition) is 2. The quantitative estimate of drug-likeness (QED) is 0.586. The van der Waals surface area contributed by atoms with Crippen molar-refractivity contribution in [3.05, 3.63) is 0 Å². The van der Waals surface area contributed by atoms with Crippen LogP contribution in [0.5, 0.6) is 0 Å². The van der Waals surface area contributed by atoms with Gasteiger partial charge in [0, 0.05) is 20.3 Å². The maximum atomic E-state index is 8.90. The maximum Gasteiger partial charge on any atom is 0.0636 e. The van der Waals surface area contributed by atoms with Gasteiger partial charge in [-0.1, -0.05) is 6.92 Å². The van der Waals surface area contributed by atoms with Crippen molar-refractivity contribution in [2.75, 3.05) is 26.8 Å². The van der Waals surface area contributed by atoms with E-state index in [1.807, 2.05) is 0 Å². The lowest BCUT2D eigenvalue weighted by Gasteiger charge is -2.12. The van der Waals surface area contributed by atoms with Crippen LogP contribution in [-0.2, 0) is 4.74 Å². The van der Waals surface area contributed by atoms with Crippen LogP contribution in [0.15, 0.2) is 0 Å². The number of ether oxygens (including phenoxy) is 1. The lowest BCUT2D eigenvalue weighted by atomic mass is 10.2. The van der Waals surface area contributed by atoms with Gasteiger partial charge >= 0.3 is 0 Å². The summed E-state index contributed by atoms with van der Waals surface area (Å²) < 4.78 is 4.96. The first kappa shape index (κ1) is 10.9. The van der Waals surface area contributed by atoms with Crippen LogP contribution in [0.4, 0.5) is 0 Å². The first-order valence-electron chi connectivity index (χ1n) is 4.04. The van der Waals surface area contributed by atoms with Gasteiger partial charge < -0.3 is 15.2 Å². The second kappa shape index (κ2) is 6.58. The molecule has 0 aliphatic carbocycles. The SMILES string of the molecule is COCC(C)CNCC(C)O. The maximum absolute atomic E-state index is 8.90. The summed E-state index contributed by atoms with van der Waals surface area (Å²) in [7, 11) is 1.70. The average Bonchev–Trinajstić information content (AvgIpc) is 1.87. The summed E-state index contributed by atoms with van der Waals surface area (Å²) in [5, 5.41) is 12.0. The van der Waals surface area contributed by atoms with Crippen molar-refractivity contribution in [1.29, 1.82) is 0 Å². The molecule has 0 aromatic carbocycles. The van der Waals surface area contributed by atoms with Gasteiger partial charge in [0.1, 0.15) is 0 Å². The summed E-state index contributed by atoms with van der Waals surface area (Å²) in [6.45, 7) is 6.21. The highest BCUT2D eigenvalue weighted by molar-refractivity contribution is 4.57. The average molecular weight is 161 g/mol. The van der Waals surface area contributed by atoms with Gasteiger partial charge in [0.25, 0.3) is 0 Å². The molecule has 68 valence electrons. The first-order valence-corrected chi connectivity index (χ1v) is 4.04. The van der Waals surface area contributed by atoms with Crippen molar-refractivity contribution in [3.63, 3.8) is 0 Å². The molecule has 0 saturated heterocycles. The molecule has 0 spiro atoms. The van der Waals surface area contributed by atoms with Crippen molar-refractivity contribution in [2.24, 2.45) is 5.92 Å². The monoisotopic (exact) mass is 161 g/mol. The second-order valence-corrected chi connectivity index (χ2v) is 3.07. The Morgan fingerprint density at radius 2 is 2.00 bits per heavy atom. The van der Waals surface area contributed by atoms with Gasteiger partial charge in [-0.15, -0.1) is 0 Å². The number of aliphatic hydroxyl groups is 1. The van der Waals surface area contributed by atoms with Crippen molar-refractivity contribution in [2.45, 2.75) is 20.0 Å². The van der Waals surface area contributed by atoms with Crippen LogP contribution in [0, 0.1) is 5.92 Å². The predicted molar refractivity (Wildman–Crippen MR) is 45.6 cm³/mol. The molecule has 3 nitrogen and oxygen atoms in total. The molecule has 2 atom stereocenters. The highest BCUT2D eigenvalue weighted by atomic mass is 16.5. The predicted octanol–water partition coefficient (Wildman–Crippen LogP) is 0.239. The Morgan fingerprint density at radius 3 is 2.45 bits per heavy atom. The second-order valence-electron chi connectivity index (χ2n) is 3.07. The summed E-state index contributed by atoms with van der Waals surface area (Å²) in [5.41, 5.74) is 0. The number of nitrogens with one attached hydrogen (secondary N) is 1. The minimum atomic E-state index is -0.259. The fourth-order valence-electron chi connectivity index (χ4n) is 0.882. The summed E-state index contributed by atoms with van der Waals surface area (Å²) in [4.78, 5) is 0. The fraction of sp³-hybridized carbons (Fsp3) is 1.00. The molecule has 0 aromatic heterocycles. The summed E-state index contributed by atoms with van der Waals surface area (Å²) in [6.07, 6.45) is -0.259. The standard InChI is InChI=1S/C8H19NO2/c1-7(6-11-3)4-9-5-8(2)10/h7-10H,4-6H2,1-3H3. The van der Waals surface area contributed by atoms with Gasteiger partial charge in [0.15, 0.2) is 0 Å². The van der Waals surface area contributed by atoms with Crippen LogP contribution < -0.4 is 5.32 Å². The molecule has 0 heterocycles. The lowest BCUT2D eigenvalue weighted by molar-refractivity contribution is 0.151. The minimum absolute atomic E-state index is 0.259. The van der Waals surface area contributed by atoms with E-state index in [2.05, 4.69) is 12.2 Å². The van der Waals surface area contributed by atoms with Crippen LogP contribution in [0.1, 0.15) is 13.8 Å². The van der Waals surface area contributed by atoms with E-state index in [4.69, 9.17) is 9.84 Å². The highest BCUT2D eigenvalue weighted by Crippen LogP contribution is 1.91. The van der Waals surface area contributed by atoms with Crippen molar-refractivity contribution >= 4 is 0 Å². The molecule has 0 bridgehead atoms. The Morgan fingerprint density at radius 1 is 1.36 bits per heavy atom. The van der Waals surface area contributed by atoms with E-state index >= 15 is 0 Å². The summed E-state index contributed by atoms with van der Waals surface area (Å²) in [6, 6.07) is 0. The number of rotatable bonds is 6. The molecule has 2 unspecified atom stereocenters. The van der Waals surface area contributed by atoms with Crippen molar-refractivity contribution in [1.82, 2.24) is 5.32 Å². The molecule has 0 aliphatic rings. The van der Waals surface area contributed by atoms with Gasteiger partial charge in [-0.3, -0.25) is 0 Å². The molecule has 0 aromatic rings. The normalized spacial score (nSPS) is 16.4. The third-order valence-corrected chi connectivity index (χ3v) is 1.38. The van der Waals surface area contributed by atoms with E-state index in [1.54, 1.807) is 14.0 Å². The van der Waals surface area contributed by atoms with Gasteiger partial charge in [-0.2, -0.15) is 0 Å². The molecule has 0 radical (unpaired) electrons. The molecule has 0 saturated carbocycles. The van der Waals surface area contributed by atoms with Crippen LogP contribution in [-0.4, -0.2) is 38.0 Å². The third-order valence-electron chi connectivity index (χ3n) is 1.38. The molecule has 2 N–H and O–H groups in total. The molecule has 0 rings (SSSR count). The fourth-order valence-corrected chi connectivity index (χ4v) is 0.882. The van der Waals surface area contributed by atoms with Crippen LogP contribution >= 0.6 is 0 Å². The van der Waals surface area contributed by atoms with Crippen molar-refractivity contribution < 1.29 is 9.84 Å². The van der Waals surface area contributed by atoms with Gasteiger partial charge in [-0.25, -0.2) is 0 Å². The Balaban J connectivity index is 3.10. The van der Waals surface area contributed by atoms with Gasteiger partial charge in [0.05, 0.1) is 6.10 Å². The Bertz CT molecular complexity index is 86.2. The van der Waals surface area contributed by atoms with E-state index in [0.29, 0.717) is 12.5 Å². The van der Waals surface area contributed by atoms with Gasteiger partial charge in [0.2, 0.25) is 0 Å². The van der Waals surface area contributed by atoms with Crippen LogP contribution in [0.3, 0.4) is 0 Å². The molecular formula is C8H19NO2. The molecule has 3 heteroatoms. The summed E-state index contributed by atoms with van der Waals surface area (Å²) in [5.74, 6) is 0.513. The Hall–Kier alpha value is -0.120. The number of hydrogen-bond acceptors (Lipinski definition) is 3. The third kappa shape index (κ3) is 7.78. The molecule has 0 fully saturated rings. The molecule has 0 amide bonds. The van der Waals surface area contributed by atoms with E-state index in [-0.39, 0.29) is 6.10 Å². The highest BCUT2D eigenvalue weighted by Gasteiger charge is 2.00. The van der Waals surface area contributed by atoms with Crippen molar-refractivity contribution in [3.8, 4) is 0 Å². The molecule has 0 aliphatic heterocycles. The Labute approximate surface area is 68.8 Å². The number of aliphatic hydroxyl groups excluding tert-OH is 1. The number of methoxy groups -OCH3 is 1. The largest absolute Gasteiger partial charge is 0.392 e. The topological polar surface area (TPSA) is 41.5 Å². The van der Waals surface area contributed by atoms with E-state index in [9.17, 15) is 0 Å². The van der Waals surface area contributed by atoms with E-state index in [1.165, 1.54) is 0 Å². The Kier molecular flexibility index (Phi) is 6.51. The minimum Gasteiger partial charge on any atom is -0.392 e. The lowest BCUT2D eigenvalue weighted by Crippen LogP contribution is -2.29. The molecular weight excluding hydrogens is 142 g/mol.